The van der Waals surface area contributed by atoms with Crippen LogP contribution < -0.4 is 25.5 Å². The molecule has 0 bridgehead atoms. The van der Waals surface area contributed by atoms with Crippen LogP contribution in [-0.2, 0) is 25.7 Å². The van der Waals surface area contributed by atoms with Crippen molar-refractivity contribution >= 4 is 110 Å². The molecule has 4 heteroatoms. The van der Waals surface area contributed by atoms with Gasteiger partial charge in [-0.1, -0.05) is 157 Å². The van der Waals surface area contributed by atoms with Gasteiger partial charge in [0.25, 0.3) is 6.71 Å². The van der Waals surface area contributed by atoms with Gasteiger partial charge in [0, 0.05) is 43.2 Å². The van der Waals surface area contributed by atoms with Gasteiger partial charge in [0.1, 0.15) is 0 Å². The molecule has 9 aromatic carbocycles. The molecule has 0 fully saturated rings. The predicted molar refractivity (Wildman–Crippen MR) is 290 cm³/mol. The first kappa shape index (κ1) is 40.9. The monoisotopic (exact) mass is 870 g/mol. The Balaban J connectivity index is 1.13. The van der Waals surface area contributed by atoms with Crippen LogP contribution >= 0.6 is 11.3 Å². The Hall–Kier alpha value is -6.62. The SMILES string of the molecule is CCCc1ccc(N2c3cccc4c3B(c3cc(CCC)ccc3N4c3ccc(CCC)cc3-c3ccc4c5ccccc5c5ccccc5c4c3)c3sc4ccc(CCC)cc4c32)cc1. The van der Waals surface area contributed by atoms with Crippen LogP contribution in [0.5, 0.6) is 0 Å². The zero-order valence-corrected chi connectivity index (χ0v) is 39.4. The lowest BCUT2D eigenvalue weighted by Crippen LogP contribution is -2.60. The van der Waals surface area contributed by atoms with Crippen LogP contribution in [-0.4, -0.2) is 6.71 Å². The third kappa shape index (κ3) is 6.51. The Morgan fingerprint density at radius 2 is 0.955 bits per heavy atom. The van der Waals surface area contributed by atoms with Gasteiger partial charge in [-0.15, -0.1) is 11.3 Å². The zero-order valence-electron chi connectivity index (χ0n) is 38.6. The van der Waals surface area contributed by atoms with Crippen LogP contribution in [0.15, 0.2) is 164 Å². The molecule has 2 nitrogen and oxygen atoms in total. The number of rotatable bonds is 11. The van der Waals surface area contributed by atoms with Crippen molar-refractivity contribution in [3.8, 4) is 11.1 Å². The summed E-state index contributed by atoms with van der Waals surface area (Å²) in [5, 5.41) is 9.19. The second-order valence-electron chi connectivity index (χ2n) is 18.7. The van der Waals surface area contributed by atoms with Gasteiger partial charge in [-0.2, -0.15) is 0 Å². The third-order valence-electron chi connectivity index (χ3n) is 14.4. The minimum Gasteiger partial charge on any atom is -0.311 e. The molecule has 0 amide bonds. The lowest BCUT2D eigenvalue weighted by atomic mass is 9.36. The van der Waals surface area contributed by atoms with Gasteiger partial charge in [-0.05, 0) is 157 Å². The van der Waals surface area contributed by atoms with Gasteiger partial charge in [0.05, 0.1) is 11.4 Å². The van der Waals surface area contributed by atoms with E-state index in [0.717, 1.165) is 51.4 Å². The van der Waals surface area contributed by atoms with E-state index in [4.69, 9.17) is 0 Å². The minimum atomic E-state index is 0.0972. The molecule has 2 aliphatic rings. The van der Waals surface area contributed by atoms with E-state index in [2.05, 4.69) is 201 Å². The highest BCUT2D eigenvalue weighted by molar-refractivity contribution is 7.33. The number of hydrogen-bond donors (Lipinski definition) is 0. The lowest BCUT2D eigenvalue weighted by molar-refractivity contribution is 0.921. The largest absolute Gasteiger partial charge is 0.311 e. The van der Waals surface area contributed by atoms with Crippen molar-refractivity contribution < 1.29 is 0 Å². The molecule has 3 heterocycles. The van der Waals surface area contributed by atoms with Crippen molar-refractivity contribution in [1.82, 2.24) is 0 Å². The number of nitrogens with zero attached hydrogens (tertiary/aromatic N) is 2. The smallest absolute Gasteiger partial charge is 0.264 e. The molecule has 0 saturated carbocycles. The summed E-state index contributed by atoms with van der Waals surface area (Å²) in [7, 11) is 0. The lowest BCUT2D eigenvalue weighted by Gasteiger charge is -2.43. The molecule has 322 valence electrons. The highest BCUT2D eigenvalue weighted by Crippen LogP contribution is 2.50. The maximum atomic E-state index is 2.63. The molecule has 0 saturated heterocycles. The molecule has 10 aromatic rings. The second kappa shape index (κ2) is 16.7. The van der Waals surface area contributed by atoms with Crippen LogP contribution in [0.4, 0.5) is 34.1 Å². The summed E-state index contributed by atoms with van der Waals surface area (Å²) in [5.74, 6) is 0. The van der Waals surface area contributed by atoms with E-state index in [1.165, 1.54) is 126 Å². The molecular weight excluding hydrogens is 816 g/mol. The maximum absolute atomic E-state index is 2.63. The van der Waals surface area contributed by atoms with Crippen LogP contribution in [0, 0.1) is 0 Å². The highest BCUT2D eigenvalue weighted by Gasteiger charge is 2.45. The fourth-order valence-corrected chi connectivity index (χ4v) is 12.9. The summed E-state index contributed by atoms with van der Waals surface area (Å²) in [6.45, 7) is 9.26. The Morgan fingerprint density at radius 1 is 0.409 bits per heavy atom. The summed E-state index contributed by atoms with van der Waals surface area (Å²) in [6, 6.07) is 63.7. The van der Waals surface area contributed by atoms with E-state index >= 15 is 0 Å². The highest BCUT2D eigenvalue weighted by atomic mass is 32.1. The standard InChI is InChI=1S/C62H55BN2S/c1-5-14-40-24-30-45(31-25-40)64-57-22-13-23-58-60(57)63(62-61(64)53-37-42(16-7-3)28-35-59(53)66-62)54-38-43(17-8-4)27-34-56(54)65(58)55-33-26-41(15-6-2)36-51(55)44-29-32-50-48-20-10-9-18-46(48)47-19-11-12-21-49(47)52(50)39-44/h9-13,18-39H,5-8,14-17H2,1-4H3. The molecule has 0 radical (unpaired) electrons. The van der Waals surface area contributed by atoms with Gasteiger partial charge in [0.15, 0.2) is 0 Å². The van der Waals surface area contributed by atoms with Gasteiger partial charge >= 0.3 is 0 Å². The summed E-state index contributed by atoms with van der Waals surface area (Å²) < 4.78 is 2.80. The van der Waals surface area contributed by atoms with Crippen molar-refractivity contribution in [1.29, 1.82) is 0 Å². The van der Waals surface area contributed by atoms with Gasteiger partial charge in [0.2, 0.25) is 0 Å². The van der Waals surface area contributed by atoms with Gasteiger partial charge < -0.3 is 9.80 Å². The first-order chi connectivity index (χ1) is 32.6. The fraction of sp³-hybridized carbons (Fsp3) is 0.194. The van der Waals surface area contributed by atoms with Crippen LogP contribution in [0.3, 0.4) is 0 Å². The molecular formula is C62H55BN2S. The van der Waals surface area contributed by atoms with Crippen LogP contribution in [0.1, 0.15) is 75.6 Å². The van der Waals surface area contributed by atoms with Crippen molar-refractivity contribution in [2.75, 3.05) is 9.80 Å². The topological polar surface area (TPSA) is 6.48 Å². The molecule has 12 rings (SSSR count). The minimum absolute atomic E-state index is 0.0972. The predicted octanol–water partition coefficient (Wildman–Crippen LogP) is 15.9. The third-order valence-corrected chi connectivity index (χ3v) is 15.6. The quantitative estimate of drug-likeness (QED) is 0.0944. The average molecular weight is 871 g/mol. The number of benzene rings is 9. The molecule has 0 spiro atoms. The van der Waals surface area contributed by atoms with Crippen molar-refractivity contribution in [2.24, 2.45) is 0 Å². The molecule has 66 heavy (non-hydrogen) atoms. The number of aryl methyl sites for hydroxylation is 4. The van der Waals surface area contributed by atoms with E-state index < -0.39 is 0 Å². The summed E-state index contributed by atoms with van der Waals surface area (Å²) >= 11 is 2.00. The van der Waals surface area contributed by atoms with Crippen molar-refractivity contribution in [3.63, 3.8) is 0 Å². The Morgan fingerprint density at radius 3 is 1.62 bits per heavy atom. The van der Waals surface area contributed by atoms with E-state index in [1.54, 1.807) is 0 Å². The number of fused-ring (bicyclic) bond motifs is 12. The molecule has 0 N–H and O–H groups in total. The van der Waals surface area contributed by atoms with E-state index in [1.807, 2.05) is 11.3 Å². The maximum Gasteiger partial charge on any atom is 0.264 e. The first-order valence-corrected chi connectivity index (χ1v) is 25.3. The summed E-state index contributed by atoms with van der Waals surface area (Å²) in [4.78, 5) is 5.26. The normalized spacial score (nSPS) is 12.9. The molecule has 0 aliphatic carbocycles. The Labute approximate surface area is 394 Å². The zero-order chi connectivity index (χ0) is 44.5. The fourth-order valence-electron chi connectivity index (χ4n) is 11.6. The van der Waals surface area contributed by atoms with Crippen molar-refractivity contribution in [3.05, 3.63) is 186 Å². The van der Waals surface area contributed by atoms with Gasteiger partial charge in [-0.3, -0.25) is 0 Å². The van der Waals surface area contributed by atoms with Gasteiger partial charge in [-0.25, -0.2) is 0 Å². The van der Waals surface area contributed by atoms with Crippen molar-refractivity contribution in [2.45, 2.75) is 79.1 Å². The Kier molecular flexibility index (Phi) is 10.3. The molecule has 0 atom stereocenters. The summed E-state index contributed by atoms with van der Waals surface area (Å²) in [6.07, 6.45) is 8.74. The van der Waals surface area contributed by atoms with Crippen LogP contribution in [0.25, 0.3) is 53.5 Å². The summed E-state index contributed by atoms with van der Waals surface area (Å²) in [5.41, 5.74) is 18.5. The molecule has 0 unspecified atom stereocenters. The molecule has 1 aromatic heterocycles. The average Bonchev–Trinajstić information content (AvgIpc) is 3.73. The van der Waals surface area contributed by atoms with E-state index in [9.17, 15) is 0 Å². The molecule has 2 aliphatic heterocycles. The number of anilines is 6. The first-order valence-electron chi connectivity index (χ1n) is 24.5. The number of thiophene rings is 1. The van der Waals surface area contributed by atoms with E-state index in [-0.39, 0.29) is 6.71 Å². The number of hydrogen-bond acceptors (Lipinski definition) is 3. The second-order valence-corrected chi connectivity index (χ2v) is 19.8. The van der Waals surface area contributed by atoms with E-state index in [0.29, 0.717) is 0 Å². The Bertz CT molecular complexity index is 3470. The van der Waals surface area contributed by atoms with Crippen LogP contribution in [0.2, 0.25) is 0 Å².